The number of urea groups is 1. The van der Waals surface area contributed by atoms with Gasteiger partial charge in [-0.15, -0.1) is 11.3 Å². The predicted molar refractivity (Wildman–Crippen MR) is 105 cm³/mol. The van der Waals surface area contributed by atoms with Crippen LogP contribution in [-0.2, 0) is 0 Å². The van der Waals surface area contributed by atoms with Crippen molar-refractivity contribution in [2.24, 2.45) is 17.8 Å². The molecule has 1 aliphatic rings. The maximum absolute atomic E-state index is 12.7. The number of amides is 2. The van der Waals surface area contributed by atoms with Crippen molar-refractivity contribution in [3.8, 4) is 0 Å². The first-order chi connectivity index (χ1) is 11.4. The molecule has 1 fully saturated rings. The fourth-order valence-corrected chi connectivity index (χ4v) is 5.59. The highest BCUT2D eigenvalue weighted by Crippen LogP contribution is 2.47. The minimum absolute atomic E-state index is 0.00959. The summed E-state index contributed by atoms with van der Waals surface area (Å²) in [4.78, 5) is 20.2. The van der Waals surface area contributed by atoms with E-state index in [4.69, 9.17) is 11.6 Å². The molecule has 0 saturated heterocycles. The van der Waals surface area contributed by atoms with E-state index < -0.39 is 0 Å². The molecular weight excluding hydrogens is 362 g/mol. The second kappa shape index (κ2) is 8.77. The molecule has 0 aromatic carbocycles. The van der Waals surface area contributed by atoms with Gasteiger partial charge in [0.25, 0.3) is 0 Å². The van der Waals surface area contributed by atoms with Crippen LogP contribution in [0.25, 0.3) is 0 Å². The molecule has 0 aliphatic heterocycles. The number of hydrogen-bond donors (Lipinski definition) is 1. The highest BCUT2D eigenvalue weighted by Gasteiger charge is 2.44. The second-order valence-corrected chi connectivity index (χ2v) is 9.15. The Labute approximate surface area is 158 Å². The van der Waals surface area contributed by atoms with Crippen LogP contribution in [0.4, 0.5) is 4.79 Å². The van der Waals surface area contributed by atoms with Crippen molar-refractivity contribution < 1.29 is 4.79 Å². The minimum Gasteiger partial charge on any atom is -0.320 e. The van der Waals surface area contributed by atoms with E-state index in [-0.39, 0.29) is 12.1 Å². The molecule has 1 aliphatic carbocycles. The molecule has 0 spiro atoms. The largest absolute Gasteiger partial charge is 0.327 e. The first-order valence-corrected chi connectivity index (χ1v) is 11.0. The van der Waals surface area contributed by atoms with E-state index in [0.717, 1.165) is 6.42 Å². The van der Waals surface area contributed by atoms with Crippen molar-refractivity contribution in [3.05, 3.63) is 15.5 Å². The Kier molecular flexibility index (Phi) is 7.25. The maximum atomic E-state index is 12.7. The molecule has 4 nitrogen and oxygen atoms in total. The Morgan fingerprint density at radius 2 is 2.25 bits per heavy atom. The molecular formula is C17H28ClN3OS2. The van der Waals surface area contributed by atoms with Crippen molar-refractivity contribution in [2.75, 3.05) is 12.8 Å². The number of nitrogens with one attached hydrogen (secondary N) is 1. The van der Waals surface area contributed by atoms with Crippen LogP contribution < -0.4 is 4.72 Å². The van der Waals surface area contributed by atoms with Gasteiger partial charge in [-0.2, -0.15) is 0 Å². The van der Waals surface area contributed by atoms with Gasteiger partial charge in [0.15, 0.2) is 4.47 Å². The lowest BCUT2D eigenvalue weighted by Gasteiger charge is -2.48. The van der Waals surface area contributed by atoms with Crippen molar-refractivity contribution in [1.82, 2.24) is 14.6 Å². The first-order valence-electron chi connectivity index (χ1n) is 8.61. The molecule has 7 heteroatoms. The molecule has 4 unspecified atom stereocenters. The van der Waals surface area contributed by atoms with Crippen molar-refractivity contribution in [1.29, 1.82) is 0 Å². The summed E-state index contributed by atoms with van der Waals surface area (Å²) < 4.78 is 3.49. The Balaban J connectivity index is 2.43. The van der Waals surface area contributed by atoms with Gasteiger partial charge in [0, 0.05) is 35.8 Å². The molecule has 1 aromatic rings. The van der Waals surface area contributed by atoms with E-state index >= 15 is 0 Å². The fraction of sp³-hybridized carbons (Fsp3) is 0.765. The van der Waals surface area contributed by atoms with Crippen LogP contribution in [0, 0.1) is 17.8 Å². The van der Waals surface area contributed by atoms with Crippen LogP contribution >= 0.6 is 34.9 Å². The third-order valence-electron chi connectivity index (χ3n) is 5.21. The minimum atomic E-state index is 0.00959. The molecule has 24 heavy (non-hydrogen) atoms. The summed E-state index contributed by atoms with van der Waals surface area (Å²) >= 11 is 9.03. The summed E-state index contributed by atoms with van der Waals surface area (Å²) in [5.74, 6) is 1.82. The van der Waals surface area contributed by atoms with Gasteiger partial charge in [0.2, 0.25) is 0 Å². The van der Waals surface area contributed by atoms with Gasteiger partial charge in [-0.3, -0.25) is 4.72 Å². The number of nitrogens with zero attached hydrogens (tertiary/aromatic N) is 2. The number of carbonyl (C=O) groups excluding carboxylic acids is 1. The van der Waals surface area contributed by atoms with Crippen LogP contribution in [0.1, 0.15) is 51.3 Å². The number of hydrogen-bond acceptors (Lipinski definition) is 4. The van der Waals surface area contributed by atoms with Crippen molar-refractivity contribution in [3.63, 3.8) is 0 Å². The van der Waals surface area contributed by atoms with Gasteiger partial charge in [-0.1, -0.05) is 44.3 Å². The van der Waals surface area contributed by atoms with Gasteiger partial charge >= 0.3 is 6.03 Å². The molecule has 136 valence electrons. The smallest absolute Gasteiger partial charge is 0.320 e. The Hall–Kier alpha value is -0.460. The van der Waals surface area contributed by atoms with Crippen molar-refractivity contribution in [2.45, 2.75) is 52.5 Å². The molecule has 4 atom stereocenters. The quantitative estimate of drug-likeness (QED) is 0.698. The highest BCUT2D eigenvalue weighted by molar-refractivity contribution is 7.97. The summed E-state index contributed by atoms with van der Waals surface area (Å²) in [6.45, 7) is 9.60. The van der Waals surface area contributed by atoms with Crippen LogP contribution in [0.5, 0.6) is 0 Å². The number of aromatic nitrogens is 1. The summed E-state index contributed by atoms with van der Waals surface area (Å²) in [5, 5.41) is 0. The monoisotopic (exact) mass is 389 g/mol. The fourth-order valence-electron chi connectivity index (χ4n) is 4.06. The van der Waals surface area contributed by atoms with Gasteiger partial charge in [-0.25, -0.2) is 9.78 Å². The van der Waals surface area contributed by atoms with E-state index in [1.54, 1.807) is 11.3 Å². The summed E-state index contributed by atoms with van der Waals surface area (Å²) in [5.41, 5.74) is 0. The zero-order chi connectivity index (χ0) is 17.9. The van der Waals surface area contributed by atoms with E-state index in [1.807, 2.05) is 17.4 Å². The SMILES string of the molecule is CCN(C(=O)NSC)C1C(C(C)C)CCC(C)C1c1cnc(Cl)s1. The zero-order valence-corrected chi connectivity index (χ0v) is 17.5. The summed E-state index contributed by atoms with van der Waals surface area (Å²) in [6, 6.07) is 0.192. The molecule has 1 heterocycles. The van der Waals surface area contributed by atoms with Crippen LogP contribution in [0.3, 0.4) is 0 Å². The third kappa shape index (κ3) is 4.20. The van der Waals surface area contributed by atoms with E-state index in [9.17, 15) is 4.79 Å². The van der Waals surface area contributed by atoms with Gasteiger partial charge in [0.05, 0.1) is 0 Å². The first kappa shape index (κ1) is 19.9. The van der Waals surface area contributed by atoms with E-state index in [1.165, 1.54) is 23.2 Å². The van der Waals surface area contributed by atoms with Crippen LogP contribution in [-0.4, -0.2) is 34.8 Å². The average molecular weight is 390 g/mol. The summed E-state index contributed by atoms with van der Waals surface area (Å²) in [6.07, 6.45) is 6.14. The van der Waals surface area contributed by atoms with E-state index in [0.29, 0.717) is 34.7 Å². The standard InChI is InChI=1S/C17H28ClN3OS2/c1-6-21(17(22)20-23-5)15-12(10(2)3)8-7-11(4)14(15)13-9-19-16(18)24-13/h9-12,14-15H,6-8H2,1-5H3,(H,20,22). The topological polar surface area (TPSA) is 45.2 Å². The molecule has 1 saturated carbocycles. The van der Waals surface area contributed by atoms with Gasteiger partial charge in [0.1, 0.15) is 0 Å². The lowest BCUT2D eigenvalue weighted by molar-refractivity contribution is 0.0652. The molecule has 0 bridgehead atoms. The number of thiazole rings is 1. The molecule has 0 radical (unpaired) electrons. The number of likely N-dealkylation sites (N-methyl/N-ethyl adjacent to an activating group) is 1. The van der Waals surface area contributed by atoms with Gasteiger partial charge < -0.3 is 4.90 Å². The molecule has 1 N–H and O–H groups in total. The lowest BCUT2D eigenvalue weighted by atomic mass is 9.66. The zero-order valence-electron chi connectivity index (χ0n) is 15.1. The third-order valence-corrected chi connectivity index (χ3v) is 6.80. The average Bonchev–Trinajstić information content (AvgIpc) is 2.94. The lowest BCUT2D eigenvalue weighted by Crippen LogP contribution is -2.54. The van der Waals surface area contributed by atoms with Crippen LogP contribution in [0.15, 0.2) is 6.20 Å². The Morgan fingerprint density at radius 3 is 2.75 bits per heavy atom. The van der Waals surface area contributed by atoms with Crippen molar-refractivity contribution >= 4 is 40.9 Å². The second-order valence-electron chi connectivity index (χ2n) is 6.89. The normalized spacial score (nSPS) is 27.3. The molecule has 2 rings (SSSR count). The molecule has 1 aromatic heterocycles. The summed E-state index contributed by atoms with van der Waals surface area (Å²) in [7, 11) is 0. The Morgan fingerprint density at radius 1 is 1.54 bits per heavy atom. The predicted octanol–water partition coefficient (Wildman–Crippen LogP) is 5.26. The molecule has 2 amide bonds. The number of carbonyl (C=O) groups is 1. The van der Waals surface area contributed by atoms with Gasteiger partial charge in [-0.05, 0) is 37.5 Å². The Bertz CT molecular complexity index is 552. The van der Waals surface area contributed by atoms with E-state index in [2.05, 4.69) is 37.4 Å². The maximum Gasteiger partial charge on any atom is 0.327 e. The number of halogens is 1. The number of rotatable bonds is 5. The van der Waals surface area contributed by atoms with Crippen LogP contribution in [0.2, 0.25) is 4.47 Å². The highest BCUT2D eigenvalue weighted by atomic mass is 35.5.